The van der Waals surface area contributed by atoms with Gasteiger partial charge in [-0.1, -0.05) is 57.3 Å². The summed E-state index contributed by atoms with van der Waals surface area (Å²) >= 11 is 15.7. The molecule has 0 amide bonds. The molecule has 9 heteroatoms. The summed E-state index contributed by atoms with van der Waals surface area (Å²) in [7, 11) is -3.67. The SMILES string of the molecule is NS(=O)(=O)c1ccc(CCNCc2cc(Br)ccc2OCc2ccc(Cl)cc2Cl)cc1. The van der Waals surface area contributed by atoms with Gasteiger partial charge in [-0.25, -0.2) is 13.6 Å². The van der Waals surface area contributed by atoms with Gasteiger partial charge in [-0.05, 0) is 61.0 Å². The van der Waals surface area contributed by atoms with Gasteiger partial charge in [0.25, 0.3) is 0 Å². The van der Waals surface area contributed by atoms with E-state index in [1.54, 1.807) is 24.3 Å². The molecule has 0 saturated heterocycles. The van der Waals surface area contributed by atoms with Gasteiger partial charge in [-0.3, -0.25) is 0 Å². The molecule has 0 atom stereocenters. The summed E-state index contributed by atoms with van der Waals surface area (Å²) in [6, 6.07) is 17.8. The number of sulfonamides is 1. The number of halogens is 3. The Bertz CT molecular complexity index is 1160. The summed E-state index contributed by atoms with van der Waals surface area (Å²) in [4.78, 5) is 0.112. The Hall–Kier alpha value is -1.61. The third kappa shape index (κ3) is 7.20. The van der Waals surface area contributed by atoms with Crippen molar-refractivity contribution >= 4 is 49.2 Å². The van der Waals surface area contributed by atoms with Gasteiger partial charge in [-0.15, -0.1) is 0 Å². The van der Waals surface area contributed by atoms with Crippen LogP contribution in [0.4, 0.5) is 0 Å². The smallest absolute Gasteiger partial charge is 0.238 e. The molecule has 0 bridgehead atoms. The predicted octanol–water partition coefficient (Wildman–Crippen LogP) is 5.31. The first-order valence-electron chi connectivity index (χ1n) is 9.40. The van der Waals surface area contributed by atoms with Gasteiger partial charge in [0.05, 0.1) is 4.90 Å². The van der Waals surface area contributed by atoms with E-state index in [9.17, 15) is 8.42 Å². The van der Waals surface area contributed by atoms with Gasteiger partial charge >= 0.3 is 0 Å². The molecule has 0 radical (unpaired) electrons. The summed E-state index contributed by atoms with van der Waals surface area (Å²) in [5, 5.41) is 9.67. The minimum atomic E-state index is -3.67. The molecular formula is C22H21BrCl2N2O3S. The number of nitrogens with one attached hydrogen (secondary N) is 1. The van der Waals surface area contributed by atoms with E-state index in [0.717, 1.165) is 33.3 Å². The van der Waals surface area contributed by atoms with Crippen LogP contribution in [0.1, 0.15) is 16.7 Å². The topological polar surface area (TPSA) is 81.4 Å². The van der Waals surface area contributed by atoms with Gasteiger partial charge in [0.15, 0.2) is 0 Å². The largest absolute Gasteiger partial charge is 0.489 e. The first kappa shape index (κ1) is 24.0. The molecule has 0 aliphatic carbocycles. The van der Waals surface area contributed by atoms with Gasteiger partial charge in [-0.2, -0.15) is 0 Å². The third-order valence-electron chi connectivity index (χ3n) is 4.58. The molecule has 0 unspecified atom stereocenters. The van der Waals surface area contributed by atoms with E-state index in [1.165, 1.54) is 12.1 Å². The lowest BCUT2D eigenvalue weighted by atomic mass is 10.1. The quantitative estimate of drug-likeness (QED) is 0.358. The second kappa shape index (κ2) is 10.8. The van der Waals surface area contributed by atoms with Crippen molar-refractivity contribution in [2.24, 2.45) is 5.14 Å². The minimum Gasteiger partial charge on any atom is -0.489 e. The summed E-state index contributed by atoms with van der Waals surface area (Å²) in [6.07, 6.45) is 0.746. The van der Waals surface area contributed by atoms with Gasteiger partial charge in [0, 0.05) is 32.2 Å². The second-order valence-electron chi connectivity index (χ2n) is 6.89. The highest BCUT2D eigenvalue weighted by Crippen LogP contribution is 2.26. The van der Waals surface area contributed by atoms with Gasteiger partial charge in [0.2, 0.25) is 10.0 Å². The number of rotatable bonds is 9. The lowest BCUT2D eigenvalue weighted by Crippen LogP contribution is -2.17. The number of hydrogen-bond acceptors (Lipinski definition) is 4. The fourth-order valence-electron chi connectivity index (χ4n) is 2.92. The van der Waals surface area contributed by atoms with E-state index >= 15 is 0 Å². The van der Waals surface area contributed by atoms with Crippen LogP contribution in [0, 0.1) is 0 Å². The van der Waals surface area contributed by atoms with Crippen LogP contribution in [0.5, 0.6) is 5.75 Å². The maximum atomic E-state index is 11.3. The number of benzene rings is 3. The van der Waals surface area contributed by atoms with Crippen LogP contribution in [-0.4, -0.2) is 15.0 Å². The van der Waals surface area contributed by atoms with Crippen LogP contribution in [0.3, 0.4) is 0 Å². The van der Waals surface area contributed by atoms with E-state index in [1.807, 2.05) is 24.3 Å². The highest BCUT2D eigenvalue weighted by atomic mass is 79.9. The summed E-state index contributed by atoms with van der Waals surface area (Å²) in [6.45, 7) is 1.66. The first-order chi connectivity index (χ1) is 14.7. The molecule has 0 aliphatic rings. The average molecular weight is 544 g/mol. The zero-order valence-corrected chi connectivity index (χ0v) is 20.4. The number of nitrogens with two attached hydrogens (primary N) is 1. The maximum Gasteiger partial charge on any atom is 0.238 e. The normalized spacial score (nSPS) is 11.5. The van der Waals surface area contributed by atoms with Crippen LogP contribution in [0.25, 0.3) is 0 Å². The Morgan fingerprint density at radius 1 is 0.968 bits per heavy atom. The molecule has 0 fully saturated rings. The van der Waals surface area contributed by atoms with Crippen molar-refractivity contribution < 1.29 is 13.2 Å². The standard InChI is InChI=1S/C22H21BrCl2N2O3S/c23-18-4-8-22(30-14-16-3-5-19(24)12-21(16)25)17(11-18)13-27-10-9-15-1-6-20(7-2-15)31(26,28)29/h1-8,11-12,27H,9-10,13-14H2,(H2,26,28,29). The molecule has 3 rings (SSSR count). The molecule has 3 aromatic carbocycles. The molecule has 3 N–H and O–H groups in total. The molecular weight excluding hydrogens is 523 g/mol. The average Bonchev–Trinajstić information content (AvgIpc) is 2.71. The Balaban J connectivity index is 1.57. The van der Waals surface area contributed by atoms with E-state index in [-0.39, 0.29) is 4.90 Å². The van der Waals surface area contributed by atoms with Crippen molar-refractivity contribution in [1.82, 2.24) is 5.32 Å². The highest BCUT2D eigenvalue weighted by molar-refractivity contribution is 9.10. The summed E-state index contributed by atoms with van der Waals surface area (Å²) < 4.78 is 29.6. The zero-order chi connectivity index (χ0) is 22.4. The Morgan fingerprint density at radius 2 is 1.71 bits per heavy atom. The monoisotopic (exact) mass is 542 g/mol. The molecule has 3 aromatic rings. The van der Waals surface area contributed by atoms with E-state index in [0.29, 0.717) is 29.7 Å². The summed E-state index contributed by atoms with van der Waals surface area (Å²) in [5.74, 6) is 0.763. The van der Waals surface area contributed by atoms with Crippen LogP contribution >= 0.6 is 39.1 Å². The highest BCUT2D eigenvalue weighted by Gasteiger charge is 2.09. The number of primary sulfonamides is 1. The van der Waals surface area contributed by atoms with Crippen molar-refractivity contribution in [1.29, 1.82) is 0 Å². The lowest BCUT2D eigenvalue weighted by molar-refractivity contribution is 0.302. The Labute approximate surface area is 200 Å². The third-order valence-corrected chi connectivity index (χ3v) is 6.59. The van der Waals surface area contributed by atoms with Crippen molar-refractivity contribution in [2.75, 3.05) is 6.54 Å². The van der Waals surface area contributed by atoms with Crippen molar-refractivity contribution in [3.05, 3.63) is 91.9 Å². The maximum absolute atomic E-state index is 11.3. The molecule has 0 heterocycles. The van der Waals surface area contributed by atoms with Gasteiger partial charge in [0.1, 0.15) is 12.4 Å². The lowest BCUT2D eigenvalue weighted by Gasteiger charge is -2.14. The van der Waals surface area contributed by atoms with Crippen LogP contribution < -0.4 is 15.2 Å². The Morgan fingerprint density at radius 3 is 2.39 bits per heavy atom. The van der Waals surface area contributed by atoms with Crippen molar-refractivity contribution in [3.8, 4) is 5.75 Å². The van der Waals surface area contributed by atoms with E-state index < -0.39 is 10.0 Å². The molecule has 5 nitrogen and oxygen atoms in total. The number of hydrogen-bond donors (Lipinski definition) is 2. The summed E-state index contributed by atoms with van der Waals surface area (Å²) in [5.41, 5.74) is 2.88. The van der Waals surface area contributed by atoms with Crippen LogP contribution in [-0.2, 0) is 29.6 Å². The molecule has 0 spiro atoms. The van der Waals surface area contributed by atoms with E-state index in [4.69, 9.17) is 33.1 Å². The minimum absolute atomic E-state index is 0.112. The molecule has 0 aliphatic heterocycles. The zero-order valence-electron chi connectivity index (χ0n) is 16.4. The molecule has 0 saturated carbocycles. The fraction of sp³-hybridized carbons (Fsp3) is 0.182. The molecule has 164 valence electrons. The predicted molar refractivity (Wildman–Crippen MR) is 128 cm³/mol. The Kier molecular flexibility index (Phi) is 8.38. The first-order valence-corrected chi connectivity index (χ1v) is 12.5. The molecule has 31 heavy (non-hydrogen) atoms. The van der Waals surface area contributed by atoms with E-state index in [2.05, 4.69) is 21.2 Å². The molecule has 0 aromatic heterocycles. The van der Waals surface area contributed by atoms with Gasteiger partial charge < -0.3 is 10.1 Å². The number of ether oxygens (including phenoxy) is 1. The van der Waals surface area contributed by atoms with Crippen molar-refractivity contribution in [2.45, 2.75) is 24.5 Å². The fourth-order valence-corrected chi connectivity index (χ4v) is 4.31. The van der Waals surface area contributed by atoms with Crippen LogP contribution in [0.15, 0.2) is 70.0 Å². The second-order valence-corrected chi connectivity index (χ2v) is 10.2. The van der Waals surface area contributed by atoms with Crippen molar-refractivity contribution in [3.63, 3.8) is 0 Å². The van der Waals surface area contributed by atoms with Crippen LogP contribution in [0.2, 0.25) is 10.0 Å².